The van der Waals surface area contributed by atoms with Crippen molar-refractivity contribution >= 4 is 54.3 Å². The van der Waals surface area contributed by atoms with Gasteiger partial charge in [0.2, 0.25) is 0 Å². The average Bonchev–Trinajstić information content (AvgIpc) is 3.65. The summed E-state index contributed by atoms with van der Waals surface area (Å²) in [6.07, 6.45) is 0. The van der Waals surface area contributed by atoms with E-state index >= 15 is 0 Å². The smallest absolute Gasteiger partial charge is 0.164 e. The van der Waals surface area contributed by atoms with Crippen LogP contribution < -0.4 is 0 Å². The fraction of sp³-hybridized carbons (Fsp3) is 0. The van der Waals surface area contributed by atoms with E-state index in [1.54, 1.807) is 0 Å². The molecule has 11 rings (SSSR count). The summed E-state index contributed by atoms with van der Waals surface area (Å²) in [5, 5.41) is 9.22. The highest BCUT2D eigenvalue weighted by Crippen LogP contribution is 2.39. The largest absolute Gasteiger partial charge is 0.456 e. The minimum Gasteiger partial charge on any atom is -0.456 e. The topological polar surface area (TPSA) is 51.8 Å². The van der Waals surface area contributed by atoms with Crippen molar-refractivity contribution in [2.45, 2.75) is 0 Å². The fourth-order valence-electron chi connectivity index (χ4n) is 8.00. The summed E-state index contributed by atoms with van der Waals surface area (Å²) in [5.74, 6) is 1.81. The molecule has 55 heavy (non-hydrogen) atoms. The van der Waals surface area contributed by atoms with Crippen molar-refractivity contribution in [1.29, 1.82) is 0 Å². The van der Waals surface area contributed by atoms with Crippen LogP contribution in [0.1, 0.15) is 0 Å². The third-order valence-corrected chi connectivity index (χ3v) is 10.7. The number of benzene rings is 9. The molecule has 0 atom stereocenters. The van der Waals surface area contributed by atoms with Crippen LogP contribution in [0, 0.1) is 0 Å². The van der Waals surface area contributed by atoms with E-state index in [2.05, 4.69) is 164 Å². The van der Waals surface area contributed by atoms with Gasteiger partial charge in [0.05, 0.1) is 0 Å². The van der Waals surface area contributed by atoms with Gasteiger partial charge >= 0.3 is 0 Å². The van der Waals surface area contributed by atoms with E-state index in [0.29, 0.717) is 17.5 Å². The van der Waals surface area contributed by atoms with Crippen molar-refractivity contribution in [3.63, 3.8) is 0 Å². The standard InChI is InChI=1S/C51H31N3O/c1-3-11-32(12-4-1)36-16-9-17-38(29-36)49-52-50(39-22-21-35-24-26-41-40-18-8-7-15-34(40)23-27-42(41)44(35)31-39)54-51(53-49)43-19-10-20-47-48(43)45-30-37(25-28-46(45)55-47)33-13-5-2-6-14-33/h1-31H. The minimum atomic E-state index is 0.590. The number of nitrogens with zero attached hydrogens (tertiary/aromatic N) is 3. The van der Waals surface area contributed by atoms with Crippen LogP contribution in [-0.2, 0) is 0 Å². The highest BCUT2D eigenvalue weighted by molar-refractivity contribution is 6.18. The SMILES string of the molecule is c1ccc(-c2cccc(-c3nc(-c4ccc5ccc6c7ccccc7ccc6c5c4)nc(-c4cccc5oc6ccc(-c7ccccc7)cc6c45)n3)c2)cc1. The van der Waals surface area contributed by atoms with Gasteiger partial charge < -0.3 is 4.42 Å². The Morgan fingerprint density at radius 3 is 1.62 bits per heavy atom. The lowest BCUT2D eigenvalue weighted by molar-refractivity contribution is 0.669. The second-order valence-corrected chi connectivity index (χ2v) is 14.0. The molecular weight excluding hydrogens is 671 g/mol. The Labute approximate surface area is 317 Å². The van der Waals surface area contributed by atoms with Crippen LogP contribution in [-0.4, -0.2) is 15.0 Å². The molecule has 0 amide bonds. The van der Waals surface area contributed by atoms with Crippen LogP contribution in [0.3, 0.4) is 0 Å². The summed E-state index contributed by atoms with van der Waals surface area (Å²) < 4.78 is 6.45. The normalized spacial score (nSPS) is 11.6. The molecule has 0 unspecified atom stereocenters. The fourth-order valence-corrected chi connectivity index (χ4v) is 8.00. The maximum absolute atomic E-state index is 6.45. The molecule has 256 valence electrons. The Bertz CT molecular complexity index is 3260. The third-order valence-electron chi connectivity index (χ3n) is 10.7. The van der Waals surface area contributed by atoms with E-state index in [1.165, 1.54) is 26.9 Å². The van der Waals surface area contributed by atoms with Gasteiger partial charge in [-0.25, -0.2) is 15.0 Å². The van der Waals surface area contributed by atoms with Gasteiger partial charge in [0, 0.05) is 27.5 Å². The third kappa shape index (κ3) is 5.34. The first kappa shape index (κ1) is 31.1. The first-order valence-electron chi connectivity index (χ1n) is 18.5. The molecule has 9 aromatic carbocycles. The predicted molar refractivity (Wildman–Crippen MR) is 227 cm³/mol. The molecular formula is C51H31N3O. The Hall–Kier alpha value is -7.43. The van der Waals surface area contributed by atoms with Gasteiger partial charge in [0.1, 0.15) is 11.2 Å². The van der Waals surface area contributed by atoms with Crippen molar-refractivity contribution in [3.05, 3.63) is 188 Å². The zero-order chi connectivity index (χ0) is 36.3. The summed E-state index contributed by atoms with van der Waals surface area (Å²) in [5.41, 5.74) is 8.85. The van der Waals surface area contributed by atoms with Gasteiger partial charge in [0.15, 0.2) is 17.5 Å². The summed E-state index contributed by atoms with van der Waals surface area (Å²) in [4.78, 5) is 15.7. The molecule has 0 fully saturated rings. The molecule has 0 spiro atoms. The second kappa shape index (κ2) is 12.6. The molecule has 2 heterocycles. The highest BCUT2D eigenvalue weighted by Gasteiger charge is 2.19. The number of hydrogen-bond acceptors (Lipinski definition) is 4. The number of rotatable bonds is 5. The zero-order valence-corrected chi connectivity index (χ0v) is 29.6. The van der Waals surface area contributed by atoms with Crippen molar-refractivity contribution < 1.29 is 4.42 Å². The molecule has 0 saturated heterocycles. The Morgan fingerprint density at radius 1 is 0.291 bits per heavy atom. The number of hydrogen-bond donors (Lipinski definition) is 0. The predicted octanol–water partition coefficient (Wildman–Crippen LogP) is 13.6. The van der Waals surface area contributed by atoms with E-state index in [9.17, 15) is 0 Å². The Balaban J connectivity index is 1.15. The van der Waals surface area contributed by atoms with Gasteiger partial charge in [-0.2, -0.15) is 0 Å². The van der Waals surface area contributed by atoms with E-state index in [-0.39, 0.29) is 0 Å². The maximum Gasteiger partial charge on any atom is 0.164 e. The van der Waals surface area contributed by atoms with Crippen molar-refractivity contribution in [3.8, 4) is 56.4 Å². The molecule has 2 aromatic heterocycles. The molecule has 4 heteroatoms. The van der Waals surface area contributed by atoms with Gasteiger partial charge in [-0.1, -0.05) is 158 Å². The summed E-state index contributed by atoms with van der Waals surface area (Å²) >= 11 is 0. The highest BCUT2D eigenvalue weighted by atomic mass is 16.3. The average molecular weight is 702 g/mol. The van der Waals surface area contributed by atoms with Crippen molar-refractivity contribution in [2.75, 3.05) is 0 Å². The number of furan rings is 1. The van der Waals surface area contributed by atoms with Gasteiger partial charge in [-0.3, -0.25) is 0 Å². The first-order valence-corrected chi connectivity index (χ1v) is 18.5. The second-order valence-electron chi connectivity index (χ2n) is 14.0. The van der Waals surface area contributed by atoms with Crippen LogP contribution in [0.15, 0.2) is 192 Å². The number of fused-ring (bicyclic) bond motifs is 8. The van der Waals surface area contributed by atoms with Crippen LogP contribution >= 0.6 is 0 Å². The Kier molecular flexibility index (Phi) is 7.14. The zero-order valence-electron chi connectivity index (χ0n) is 29.6. The first-order chi connectivity index (χ1) is 27.2. The quantitative estimate of drug-likeness (QED) is 0.168. The lowest BCUT2D eigenvalue weighted by atomic mass is 9.96. The Morgan fingerprint density at radius 2 is 0.836 bits per heavy atom. The van der Waals surface area contributed by atoms with Crippen LogP contribution in [0.5, 0.6) is 0 Å². The number of aromatic nitrogens is 3. The van der Waals surface area contributed by atoms with Gasteiger partial charge in [0.25, 0.3) is 0 Å². The van der Waals surface area contributed by atoms with Crippen molar-refractivity contribution in [2.24, 2.45) is 0 Å². The van der Waals surface area contributed by atoms with E-state index in [0.717, 1.165) is 66.3 Å². The van der Waals surface area contributed by atoms with Crippen LogP contribution in [0.25, 0.3) is 111 Å². The van der Waals surface area contributed by atoms with E-state index in [1.807, 2.05) is 24.3 Å². The lowest BCUT2D eigenvalue weighted by Crippen LogP contribution is -2.00. The molecule has 0 radical (unpaired) electrons. The molecule has 0 aliphatic rings. The molecule has 0 N–H and O–H groups in total. The van der Waals surface area contributed by atoms with Crippen LogP contribution in [0.2, 0.25) is 0 Å². The van der Waals surface area contributed by atoms with Gasteiger partial charge in [-0.15, -0.1) is 0 Å². The lowest BCUT2D eigenvalue weighted by Gasteiger charge is -2.12. The van der Waals surface area contributed by atoms with Crippen LogP contribution in [0.4, 0.5) is 0 Å². The van der Waals surface area contributed by atoms with E-state index in [4.69, 9.17) is 19.4 Å². The summed E-state index contributed by atoms with van der Waals surface area (Å²) in [7, 11) is 0. The monoisotopic (exact) mass is 701 g/mol. The van der Waals surface area contributed by atoms with E-state index < -0.39 is 0 Å². The summed E-state index contributed by atoms with van der Waals surface area (Å²) in [6.45, 7) is 0. The van der Waals surface area contributed by atoms with Gasteiger partial charge in [-0.05, 0) is 84.9 Å². The molecule has 0 aliphatic heterocycles. The molecule has 4 nitrogen and oxygen atoms in total. The summed E-state index contributed by atoms with van der Waals surface area (Å²) in [6, 6.07) is 65.8. The molecule has 0 aliphatic carbocycles. The molecule has 0 bridgehead atoms. The maximum atomic E-state index is 6.45. The minimum absolute atomic E-state index is 0.590. The molecule has 11 aromatic rings. The molecule has 0 saturated carbocycles. The van der Waals surface area contributed by atoms with Crippen molar-refractivity contribution in [1.82, 2.24) is 15.0 Å².